The number of aryl methyl sites for hydroxylation is 3. The Balaban J connectivity index is 2.67. The van der Waals surface area contributed by atoms with E-state index in [-0.39, 0.29) is 4.90 Å². The third-order valence-electron chi connectivity index (χ3n) is 3.07. The van der Waals surface area contributed by atoms with Crippen molar-refractivity contribution in [2.24, 2.45) is 0 Å². The zero-order chi connectivity index (χ0) is 14.2. The maximum Gasteiger partial charge on any atom is 0.240 e. The van der Waals surface area contributed by atoms with E-state index in [2.05, 4.69) is 9.88 Å². The predicted molar refractivity (Wildman–Crippen MR) is 72.4 cm³/mol. The molecule has 0 spiro atoms. The average molecular weight is 280 g/mol. The lowest BCUT2D eigenvalue weighted by atomic mass is 10.0. The molecule has 0 atom stereocenters. The fourth-order valence-corrected chi connectivity index (χ4v) is 3.04. The molecule has 102 valence electrons. The van der Waals surface area contributed by atoms with Gasteiger partial charge < -0.3 is 4.52 Å². The molecule has 1 aromatic heterocycles. The number of hydrogen-bond acceptors (Lipinski definition) is 4. The number of benzene rings is 1. The van der Waals surface area contributed by atoms with Crippen LogP contribution in [0.15, 0.2) is 27.6 Å². The minimum atomic E-state index is -3.47. The van der Waals surface area contributed by atoms with Gasteiger partial charge in [0.05, 0.1) is 10.6 Å². The molecule has 0 amide bonds. The fraction of sp³-hybridized carbons (Fsp3) is 0.308. The quantitative estimate of drug-likeness (QED) is 0.935. The number of sulfonamides is 1. The predicted octanol–water partition coefficient (Wildman–Crippen LogP) is 2.17. The van der Waals surface area contributed by atoms with E-state index in [9.17, 15) is 8.42 Å². The minimum absolute atomic E-state index is 0.271. The van der Waals surface area contributed by atoms with Crippen LogP contribution in [0.4, 0.5) is 0 Å². The number of nitrogens with one attached hydrogen (secondary N) is 1. The van der Waals surface area contributed by atoms with Gasteiger partial charge in [-0.1, -0.05) is 17.3 Å². The van der Waals surface area contributed by atoms with Crippen molar-refractivity contribution in [2.45, 2.75) is 25.7 Å². The maximum absolute atomic E-state index is 12.0. The molecule has 19 heavy (non-hydrogen) atoms. The van der Waals surface area contributed by atoms with E-state index in [1.165, 1.54) is 7.05 Å². The molecule has 0 aliphatic rings. The van der Waals surface area contributed by atoms with Crippen molar-refractivity contribution < 1.29 is 12.9 Å². The van der Waals surface area contributed by atoms with E-state index >= 15 is 0 Å². The Kier molecular flexibility index (Phi) is 3.47. The lowest BCUT2D eigenvalue weighted by Gasteiger charge is -2.09. The van der Waals surface area contributed by atoms with Gasteiger partial charge >= 0.3 is 0 Å². The van der Waals surface area contributed by atoms with Crippen LogP contribution in [0.2, 0.25) is 0 Å². The van der Waals surface area contributed by atoms with Gasteiger partial charge in [-0.25, -0.2) is 13.1 Å². The zero-order valence-corrected chi connectivity index (χ0v) is 12.1. The summed E-state index contributed by atoms with van der Waals surface area (Å²) >= 11 is 0. The summed E-state index contributed by atoms with van der Waals surface area (Å²) in [6.07, 6.45) is 0. The van der Waals surface area contributed by atoms with Crippen molar-refractivity contribution in [3.05, 3.63) is 35.2 Å². The van der Waals surface area contributed by atoms with Crippen LogP contribution in [0.5, 0.6) is 0 Å². The fourth-order valence-electron chi connectivity index (χ4n) is 2.05. The maximum atomic E-state index is 12.0. The number of hydrogen-bond donors (Lipinski definition) is 1. The first-order chi connectivity index (χ1) is 8.86. The van der Waals surface area contributed by atoms with Gasteiger partial charge in [0, 0.05) is 5.56 Å². The van der Waals surface area contributed by atoms with Crippen molar-refractivity contribution in [3.8, 4) is 11.1 Å². The summed E-state index contributed by atoms with van der Waals surface area (Å²) in [7, 11) is -2.07. The molecule has 0 saturated carbocycles. The van der Waals surface area contributed by atoms with E-state index in [1.54, 1.807) is 26.0 Å². The third kappa shape index (κ3) is 2.41. The normalized spacial score (nSPS) is 11.8. The average Bonchev–Trinajstić information content (AvgIpc) is 2.70. The van der Waals surface area contributed by atoms with Crippen molar-refractivity contribution in [2.75, 3.05) is 7.05 Å². The largest absolute Gasteiger partial charge is 0.361 e. The molecule has 0 saturated heterocycles. The summed E-state index contributed by atoms with van der Waals surface area (Å²) in [5.74, 6) is 0.675. The van der Waals surface area contributed by atoms with Gasteiger partial charge in [-0.2, -0.15) is 0 Å². The highest BCUT2D eigenvalue weighted by molar-refractivity contribution is 7.89. The molecule has 2 aromatic rings. The summed E-state index contributed by atoms with van der Waals surface area (Å²) in [5, 5.41) is 3.89. The SMILES string of the molecule is CNS(=O)(=O)c1cc(-c2c(C)noc2C)ccc1C. The Morgan fingerprint density at radius 3 is 2.42 bits per heavy atom. The molecule has 6 heteroatoms. The van der Waals surface area contributed by atoms with E-state index < -0.39 is 10.0 Å². The molecule has 0 radical (unpaired) electrons. The van der Waals surface area contributed by atoms with Crippen molar-refractivity contribution in [3.63, 3.8) is 0 Å². The molecule has 2 rings (SSSR count). The Bertz CT molecular complexity index is 698. The topological polar surface area (TPSA) is 72.2 Å². The first-order valence-corrected chi connectivity index (χ1v) is 7.32. The van der Waals surface area contributed by atoms with Gasteiger partial charge in [-0.3, -0.25) is 0 Å². The molecule has 1 heterocycles. The molecular weight excluding hydrogens is 264 g/mol. The van der Waals surface area contributed by atoms with Crippen LogP contribution < -0.4 is 4.72 Å². The Morgan fingerprint density at radius 1 is 1.21 bits per heavy atom. The van der Waals surface area contributed by atoms with Crippen LogP contribution in [0, 0.1) is 20.8 Å². The highest BCUT2D eigenvalue weighted by atomic mass is 32.2. The minimum Gasteiger partial charge on any atom is -0.361 e. The highest BCUT2D eigenvalue weighted by Gasteiger charge is 2.18. The monoisotopic (exact) mass is 280 g/mol. The Labute approximate surface area is 112 Å². The highest BCUT2D eigenvalue weighted by Crippen LogP contribution is 2.29. The molecule has 1 N–H and O–H groups in total. The molecule has 0 fully saturated rings. The summed E-state index contributed by atoms with van der Waals surface area (Å²) in [6, 6.07) is 5.30. The van der Waals surface area contributed by atoms with Crippen LogP contribution in [0.1, 0.15) is 17.0 Å². The van der Waals surface area contributed by atoms with Crippen molar-refractivity contribution in [1.29, 1.82) is 0 Å². The van der Waals surface area contributed by atoms with E-state index in [0.29, 0.717) is 11.3 Å². The Hall–Kier alpha value is -1.66. The molecule has 0 aliphatic carbocycles. The van der Waals surface area contributed by atoms with Gasteiger partial charge in [-0.05, 0) is 45.0 Å². The summed E-state index contributed by atoms with van der Waals surface area (Å²) in [5.41, 5.74) is 3.07. The van der Waals surface area contributed by atoms with Crippen molar-refractivity contribution in [1.82, 2.24) is 9.88 Å². The zero-order valence-electron chi connectivity index (χ0n) is 11.3. The smallest absolute Gasteiger partial charge is 0.240 e. The lowest BCUT2D eigenvalue weighted by Crippen LogP contribution is -2.19. The van der Waals surface area contributed by atoms with E-state index in [4.69, 9.17) is 4.52 Å². The van der Waals surface area contributed by atoms with Gasteiger partial charge in [0.2, 0.25) is 10.0 Å². The van der Waals surface area contributed by atoms with Crippen LogP contribution in [-0.4, -0.2) is 20.6 Å². The van der Waals surface area contributed by atoms with E-state index in [0.717, 1.165) is 16.8 Å². The molecular formula is C13H16N2O3S. The first-order valence-electron chi connectivity index (χ1n) is 5.84. The summed E-state index contributed by atoms with van der Waals surface area (Å²) < 4.78 is 31.4. The summed E-state index contributed by atoms with van der Waals surface area (Å²) in [4.78, 5) is 0.271. The lowest BCUT2D eigenvalue weighted by molar-refractivity contribution is 0.393. The molecule has 0 unspecified atom stereocenters. The van der Waals surface area contributed by atoms with Gasteiger partial charge in [0.1, 0.15) is 5.76 Å². The van der Waals surface area contributed by atoms with Gasteiger partial charge in [-0.15, -0.1) is 0 Å². The van der Waals surface area contributed by atoms with Gasteiger partial charge in [0.25, 0.3) is 0 Å². The molecule has 0 aliphatic heterocycles. The number of aromatic nitrogens is 1. The number of rotatable bonds is 3. The second-order valence-electron chi connectivity index (χ2n) is 4.39. The second kappa shape index (κ2) is 4.79. The second-order valence-corrected chi connectivity index (χ2v) is 6.24. The van der Waals surface area contributed by atoms with Crippen LogP contribution in [0.3, 0.4) is 0 Å². The number of nitrogens with zero attached hydrogens (tertiary/aromatic N) is 1. The van der Waals surface area contributed by atoms with Crippen LogP contribution in [0.25, 0.3) is 11.1 Å². The van der Waals surface area contributed by atoms with Crippen LogP contribution in [-0.2, 0) is 10.0 Å². The standard InChI is InChI=1S/C13H16N2O3S/c1-8-5-6-11(7-12(8)19(16,17)14-4)13-9(2)15-18-10(13)3/h5-7,14H,1-4H3. The van der Waals surface area contributed by atoms with Crippen molar-refractivity contribution >= 4 is 10.0 Å². The third-order valence-corrected chi connectivity index (χ3v) is 4.62. The Morgan fingerprint density at radius 2 is 1.89 bits per heavy atom. The first kappa shape index (κ1) is 13.8. The van der Waals surface area contributed by atoms with E-state index in [1.807, 2.05) is 13.0 Å². The molecule has 1 aromatic carbocycles. The molecule has 0 bridgehead atoms. The van der Waals surface area contributed by atoms with Gasteiger partial charge in [0.15, 0.2) is 0 Å². The van der Waals surface area contributed by atoms with Crippen LogP contribution >= 0.6 is 0 Å². The summed E-state index contributed by atoms with van der Waals surface area (Å²) in [6.45, 7) is 5.40. The molecule has 5 nitrogen and oxygen atoms in total.